The van der Waals surface area contributed by atoms with Crippen LogP contribution in [0.4, 0.5) is 11.5 Å². The summed E-state index contributed by atoms with van der Waals surface area (Å²) in [5.41, 5.74) is 7.60. The van der Waals surface area contributed by atoms with Crippen LogP contribution in [0, 0.1) is 11.3 Å². The van der Waals surface area contributed by atoms with Crippen molar-refractivity contribution in [3.05, 3.63) is 59.5 Å². The quantitative estimate of drug-likeness (QED) is 0.0397. The van der Waals surface area contributed by atoms with Crippen LogP contribution in [-0.2, 0) is 19.4 Å². The van der Waals surface area contributed by atoms with Gasteiger partial charge in [0.1, 0.15) is 41.7 Å². The molecule has 5 aromatic rings. The van der Waals surface area contributed by atoms with E-state index in [2.05, 4.69) is 25.5 Å². The average molecular weight is 768 g/mol. The number of aromatic nitrogens is 5. The first-order chi connectivity index (χ1) is 25.6. The van der Waals surface area contributed by atoms with Crippen LogP contribution >= 0.6 is 19.3 Å². The summed E-state index contributed by atoms with van der Waals surface area (Å²) in [5, 5.41) is 43.3. The molecule has 0 bridgehead atoms. The largest absolute Gasteiger partial charge is 0.481 e. The summed E-state index contributed by atoms with van der Waals surface area (Å²) in [5.74, 6) is 0.675. The van der Waals surface area contributed by atoms with Crippen molar-refractivity contribution in [2.75, 3.05) is 37.9 Å². The monoisotopic (exact) mass is 767 g/mol. The molecule has 0 spiro atoms. The minimum Gasteiger partial charge on any atom is -0.481 e. The van der Waals surface area contributed by atoms with Gasteiger partial charge in [-0.25, -0.2) is 29.1 Å². The van der Waals surface area contributed by atoms with Crippen LogP contribution in [0.25, 0.3) is 27.5 Å². The lowest BCUT2D eigenvalue weighted by molar-refractivity contribution is -0.0622. The summed E-state index contributed by atoms with van der Waals surface area (Å²) in [6, 6.07) is 14.3. The van der Waals surface area contributed by atoms with Gasteiger partial charge in [0.2, 0.25) is 11.5 Å². The third-order valence-electron chi connectivity index (χ3n) is 9.38. The highest BCUT2D eigenvalue weighted by molar-refractivity contribution is 7.50. The molecular formula is C35H43ClN9O7P. The Balaban J connectivity index is 0.869. The topological polar surface area (TPSA) is 235 Å². The van der Waals surface area contributed by atoms with Crippen molar-refractivity contribution in [2.24, 2.45) is 0 Å². The van der Waals surface area contributed by atoms with Crippen LogP contribution in [0.1, 0.15) is 57.1 Å². The number of nitrogens with one attached hydrogen (secondary N) is 2. The second-order valence-electron chi connectivity index (χ2n) is 12.9. The summed E-state index contributed by atoms with van der Waals surface area (Å²) >= 11 is 6.23. The number of hydrogen-bond acceptors (Lipinski definition) is 13. The smallest absolute Gasteiger partial charge is 0.403 e. The highest BCUT2D eigenvalue weighted by atomic mass is 35.5. The Morgan fingerprint density at radius 3 is 2.51 bits per heavy atom. The number of rotatable bonds is 18. The van der Waals surface area contributed by atoms with E-state index in [0.717, 1.165) is 79.1 Å². The number of benzene rings is 1. The van der Waals surface area contributed by atoms with Gasteiger partial charge in [0.15, 0.2) is 5.82 Å². The number of hydrogen-bond donors (Lipinski definition) is 6. The fourth-order valence-electron chi connectivity index (χ4n) is 6.58. The third kappa shape index (κ3) is 8.48. The molecule has 53 heavy (non-hydrogen) atoms. The SMILES string of the molecule is COc1ccc2nc3cc(Cl)ccc3c(NCCCCCCCCCCNP(=O)(O)OC[C@H]3O[C@@](C#N)(c4ccc5c(N)ncnn45)[C@H](O)[C@@H]3O)c2n1. The minimum absolute atomic E-state index is 0.120. The minimum atomic E-state index is -4.25. The van der Waals surface area contributed by atoms with Gasteiger partial charge in [-0.1, -0.05) is 50.1 Å². The molecule has 0 radical (unpaired) electrons. The molecule has 4 aromatic heterocycles. The first kappa shape index (κ1) is 38.6. The molecule has 282 valence electrons. The molecule has 0 aliphatic carbocycles. The number of unbranched alkanes of at least 4 members (excludes halogenated alkanes) is 7. The fraction of sp³-hybridized carbons (Fsp3) is 0.457. The van der Waals surface area contributed by atoms with Crippen molar-refractivity contribution in [2.45, 2.75) is 75.3 Å². The van der Waals surface area contributed by atoms with Crippen LogP contribution in [0.5, 0.6) is 5.88 Å². The Morgan fingerprint density at radius 1 is 1.04 bits per heavy atom. The van der Waals surface area contributed by atoms with E-state index >= 15 is 0 Å². The van der Waals surface area contributed by atoms with E-state index in [1.54, 1.807) is 19.2 Å². The van der Waals surface area contributed by atoms with Gasteiger partial charge >= 0.3 is 7.75 Å². The number of nitriles is 1. The Morgan fingerprint density at radius 2 is 1.77 bits per heavy atom. The maximum atomic E-state index is 12.7. The number of methoxy groups -OCH3 is 1. The van der Waals surface area contributed by atoms with Crippen molar-refractivity contribution in [1.82, 2.24) is 29.7 Å². The number of aliphatic hydroxyl groups is 2. The maximum Gasteiger partial charge on any atom is 0.403 e. The standard InChI is InChI=1S/C35H43ClN9O7P/c1-50-29-15-12-24-31(44-29)30(23-11-10-22(36)18-25(23)43-24)39-16-8-6-4-2-3-5-7-9-17-42-53(48,49)51-19-27-32(46)33(47)35(20-37,52-27)28-14-13-26-34(38)40-21-41-45(26)28/h10-15,18,21,27,32-33,46-47H,2-9,16-17,19H2,1H3,(H,39,43)(H2,38,40,41)(H2,42,48,49)/t27-,32-,33-,35+/m1/s1. The number of ether oxygens (including phenoxy) is 2. The van der Waals surface area contributed by atoms with Gasteiger partial charge in [-0.15, -0.1) is 0 Å². The molecule has 6 rings (SSSR count). The van der Waals surface area contributed by atoms with Crippen molar-refractivity contribution >= 4 is 58.3 Å². The number of anilines is 2. The number of aliphatic hydroxyl groups excluding tert-OH is 2. The maximum absolute atomic E-state index is 12.7. The first-order valence-corrected chi connectivity index (χ1v) is 19.5. The molecule has 0 amide bonds. The second-order valence-corrected chi connectivity index (χ2v) is 15.0. The van der Waals surface area contributed by atoms with E-state index in [1.165, 1.54) is 16.9 Å². The highest BCUT2D eigenvalue weighted by Crippen LogP contribution is 2.43. The van der Waals surface area contributed by atoms with Crippen molar-refractivity contribution in [3.8, 4) is 11.9 Å². The predicted molar refractivity (Wildman–Crippen MR) is 199 cm³/mol. The van der Waals surface area contributed by atoms with E-state index in [-0.39, 0.29) is 18.1 Å². The highest BCUT2D eigenvalue weighted by Gasteiger charge is 2.57. The van der Waals surface area contributed by atoms with Crippen molar-refractivity contribution in [1.29, 1.82) is 5.26 Å². The predicted octanol–water partition coefficient (Wildman–Crippen LogP) is 4.85. The molecule has 18 heteroatoms. The number of fused-ring (bicyclic) bond motifs is 3. The molecular weight excluding hydrogens is 725 g/mol. The number of halogens is 1. The Labute approximate surface area is 310 Å². The Bertz CT molecular complexity index is 2150. The van der Waals surface area contributed by atoms with E-state index in [1.807, 2.05) is 30.3 Å². The molecule has 1 unspecified atom stereocenters. The number of nitrogen functional groups attached to an aromatic ring is 1. The van der Waals surface area contributed by atoms with E-state index in [4.69, 9.17) is 36.3 Å². The van der Waals surface area contributed by atoms with Crippen LogP contribution < -0.4 is 20.9 Å². The lowest BCUT2D eigenvalue weighted by atomic mass is 9.92. The summed E-state index contributed by atoms with van der Waals surface area (Å²) in [6.45, 7) is 0.487. The van der Waals surface area contributed by atoms with Crippen LogP contribution in [-0.4, -0.2) is 84.8 Å². The van der Waals surface area contributed by atoms with E-state index < -0.39 is 38.3 Å². The van der Waals surface area contributed by atoms with Gasteiger partial charge < -0.3 is 35.6 Å². The molecule has 1 aliphatic heterocycles. The third-order valence-corrected chi connectivity index (χ3v) is 10.7. The fourth-order valence-corrected chi connectivity index (χ4v) is 7.63. The zero-order valence-corrected chi connectivity index (χ0v) is 30.8. The number of nitrogens with zero attached hydrogens (tertiary/aromatic N) is 6. The van der Waals surface area contributed by atoms with Crippen molar-refractivity contribution < 1.29 is 33.7 Å². The average Bonchev–Trinajstić information content (AvgIpc) is 3.70. The lowest BCUT2D eigenvalue weighted by Crippen LogP contribution is -2.41. The Hall–Kier alpha value is -4.17. The van der Waals surface area contributed by atoms with Crippen LogP contribution in [0.3, 0.4) is 0 Å². The molecule has 1 saturated heterocycles. The van der Waals surface area contributed by atoms with Gasteiger partial charge in [-0.05, 0) is 49.2 Å². The molecule has 16 nitrogen and oxygen atoms in total. The van der Waals surface area contributed by atoms with Crippen LogP contribution in [0.2, 0.25) is 5.02 Å². The molecule has 5 atom stereocenters. The molecule has 7 N–H and O–H groups in total. The number of pyridine rings is 2. The number of nitrogens with two attached hydrogens (primary N) is 1. The van der Waals surface area contributed by atoms with Gasteiger partial charge in [-0.2, -0.15) is 10.4 Å². The zero-order chi connectivity index (χ0) is 37.6. The molecule has 0 saturated carbocycles. The molecule has 1 fully saturated rings. The summed E-state index contributed by atoms with van der Waals surface area (Å²) in [7, 11) is -2.66. The van der Waals surface area contributed by atoms with Gasteiger partial charge in [0.05, 0.1) is 36.1 Å². The van der Waals surface area contributed by atoms with Crippen LogP contribution in [0.15, 0.2) is 48.8 Å². The van der Waals surface area contributed by atoms with E-state index in [9.17, 15) is 24.9 Å². The van der Waals surface area contributed by atoms with Gasteiger partial charge in [0, 0.05) is 29.6 Å². The normalized spacial score (nSPS) is 21.2. The molecule has 1 aliphatic rings. The summed E-state index contributed by atoms with van der Waals surface area (Å²) in [6.07, 6.45) is 4.46. The summed E-state index contributed by atoms with van der Waals surface area (Å²) < 4.78 is 30.3. The van der Waals surface area contributed by atoms with Crippen molar-refractivity contribution in [3.63, 3.8) is 0 Å². The molecule has 5 heterocycles. The first-order valence-electron chi connectivity index (χ1n) is 17.5. The summed E-state index contributed by atoms with van der Waals surface area (Å²) in [4.78, 5) is 23.6. The lowest BCUT2D eigenvalue weighted by Gasteiger charge is -2.24. The zero-order valence-electron chi connectivity index (χ0n) is 29.2. The van der Waals surface area contributed by atoms with Gasteiger partial charge in [0.25, 0.3) is 0 Å². The van der Waals surface area contributed by atoms with E-state index in [0.29, 0.717) is 22.8 Å². The second kappa shape index (κ2) is 16.9. The van der Waals surface area contributed by atoms with Gasteiger partial charge in [-0.3, -0.25) is 4.52 Å². The Kier molecular flexibility index (Phi) is 12.3. The molecule has 1 aromatic carbocycles.